The molecule has 0 fully saturated rings. The van der Waals surface area contributed by atoms with Gasteiger partial charge in [-0.05, 0) is 23.1 Å². The van der Waals surface area contributed by atoms with E-state index in [0.717, 1.165) is 10.9 Å². The van der Waals surface area contributed by atoms with Gasteiger partial charge in [-0.2, -0.15) is 0 Å². The Bertz CT molecular complexity index is 796. The van der Waals surface area contributed by atoms with Crippen molar-refractivity contribution in [2.75, 3.05) is 11.9 Å². The van der Waals surface area contributed by atoms with Crippen LogP contribution in [-0.4, -0.2) is 11.5 Å². The summed E-state index contributed by atoms with van der Waals surface area (Å²) in [4.78, 5) is 14.8. The van der Waals surface area contributed by atoms with Crippen LogP contribution in [0.4, 0.5) is 5.82 Å². The Morgan fingerprint density at radius 2 is 1.76 bits per heavy atom. The van der Waals surface area contributed by atoms with Crippen LogP contribution in [0.1, 0.15) is 11.6 Å². The quantitative estimate of drug-likeness (QED) is 0.687. The van der Waals surface area contributed by atoms with Gasteiger partial charge in [0.25, 0.3) is 5.56 Å². The molecule has 4 nitrogen and oxygen atoms in total. The molecular weight excluding hydrogens is 262 g/mol. The molecular formula is C17H17N3O. The van der Waals surface area contributed by atoms with Gasteiger partial charge in [0.1, 0.15) is 5.82 Å². The first-order valence-corrected chi connectivity index (χ1v) is 6.90. The molecule has 106 valence electrons. The van der Waals surface area contributed by atoms with Crippen molar-refractivity contribution in [3.05, 3.63) is 76.6 Å². The van der Waals surface area contributed by atoms with E-state index in [0.29, 0.717) is 17.7 Å². The molecule has 4 N–H and O–H groups in total. The van der Waals surface area contributed by atoms with Crippen LogP contribution in [0, 0.1) is 0 Å². The molecule has 1 heterocycles. The van der Waals surface area contributed by atoms with Crippen LogP contribution in [0.3, 0.4) is 0 Å². The topological polar surface area (TPSA) is 70.9 Å². The first-order valence-electron chi connectivity index (χ1n) is 6.90. The molecule has 3 rings (SSSR count). The van der Waals surface area contributed by atoms with Gasteiger partial charge in [0.2, 0.25) is 0 Å². The van der Waals surface area contributed by atoms with E-state index in [1.54, 1.807) is 0 Å². The highest BCUT2D eigenvalue weighted by Crippen LogP contribution is 2.14. The number of nitrogens with one attached hydrogen (secondary N) is 2. The Hall–Kier alpha value is -2.59. The summed E-state index contributed by atoms with van der Waals surface area (Å²) in [6, 6.07) is 19.2. The first-order chi connectivity index (χ1) is 10.2. The molecule has 1 atom stereocenters. The lowest BCUT2D eigenvalue weighted by atomic mass is 10.1. The van der Waals surface area contributed by atoms with Crippen molar-refractivity contribution in [1.82, 2.24) is 4.98 Å². The minimum absolute atomic E-state index is 0.0936. The zero-order chi connectivity index (χ0) is 14.7. The molecule has 1 unspecified atom stereocenters. The second-order valence-electron chi connectivity index (χ2n) is 5.00. The predicted octanol–water partition coefficient (Wildman–Crippen LogP) is 2.64. The Labute approximate surface area is 122 Å². The van der Waals surface area contributed by atoms with Gasteiger partial charge in [0.05, 0.1) is 0 Å². The standard InChI is InChI=1S/C17H17N3O/c18-15(12-6-2-1-3-7-12)11-19-16-10-13-8-4-5-9-14(13)17(21)20-16/h1-10,15H,11,18H2,(H2,19,20,21). The molecule has 0 aliphatic carbocycles. The maximum absolute atomic E-state index is 12.0. The summed E-state index contributed by atoms with van der Waals surface area (Å²) >= 11 is 0. The number of aromatic nitrogens is 1. The van der Waals surface area contributed by atoms with Crippen LogP contribution in [0.2, 0.25) is 0 Å². The van der Waals surface area contributed by atoms with Gasteiger partial charge < -0.3 is 16.0 Å². The van der Waals surface area contributed by atoms with Crippen molar-refractivity contribution < 1.29 is 0 Å². The highest BCUT2D eigenvalue weighted by molar-refractivity contribution is 5.83. The van der Waals surface area contributed by atoms with Gasteiger partial charge in [-0.25, -0.2) is 0 Å². The maximum atomic E-state index is 12.0. The number of H-pyrrole nitrogens is 1. The van der Waals surface area contributed by atoms with Crippen molar-refractivity contribution in [3.8, 4) is 0 Å². The summed E-state index contributed by atoms with van der Waals surface area (Å²) in [6.07, 6.45) is 0. The van der Waals surface area contributed by atoms with E-state index in [9.17, 15) is 4.79 Å². The zero-order valence-electron chi connectivity index (χ0n) is 11.5. The second kappa shape index (κ2) is 5.81. The highest BCUT2D eigenvalue weighted by atomic mass is 16.1. The van der Waals surface area contributed by atoms with Crippen LogP contribution in [0.5, 0.6) is 0 Å². The first kappa shape index (κ1) is 13.4. The number of rotatable bonds is 4. The summed E-state index contributed by atoms with van der Waals surface area (Å²) in [6.45, 7) is 0.554. The molecule has 1 aromatic heterocycles. The van der Waals surface area contributed by atoms with E-state index >= 15 is 0 Å². The molecule has 0 aliphatic rings. The Morgan fingerprint density at radius 1 is 1.05 bits per heavy atom. The van der Waals surface area contributed by atoms with Crippen LogP contribution in [-0.2, 0) is 0 Å². The van der Waals surface area contributed by atoms with Crippen LogP contribution in [0.15, 0.2) is 65.5 Å². The zero-order valence-corrected chi connectivity index (χ0v) is 11.5. The summed E-state index contributed by atoms with van der Waals surface area (Å²) in [5.74, 6) is 0.685. The lowest BCUT2D eigenvalue weighted by Gasteiger charge is -2.14. The normalized spacial score (nSPS) is 12.2. The van der Waals surface area contributed by atoms with E-state index in [1.807, 2.05) is 60.7 Å². The molecule has 0 saturated carbocycles. The highest BCUT2D eigenvalue weighted by Gasteiger charge is 2.06. The molecule has 21 heavy (non-hydrogen) atoms. The number of nitrogens with two attached hydrogens (primary N) is 1. The SMILES string of the molecule is NC(CNc1cc2ccccc2c(=O)[nH]1)c1ccccc1. The summed E-state index contributed by atoms with van der Waals surface area (Å²) in [7, 11) is 0. The largest absolute Gasteiger partial charge is 0.370 e. The minimum Gasteiger partial charge on any atom is -0.370 e. The van der Waals surface area contributed by atoms with E-state index in [1.165, 1.54) is 0 Å². The van der Waals surface area contributed by atoms with Crippen LogP contribution in [0.25, 0.3) is 10.8 Å². The molecule has 4 heteroatoms. The molecule has 0 aliphatic heterocycles. The van der Waals surface area contributed by atoms with Crippen LogP contribution < -0.4 is 16.6 Å². The van der Waals surface area contributed by atoms with E-state index in [2.05, 4.69) is 10.3 Å². The summed E-state index contributed by atoms with van der Waals surface area (Å²) in [5.41, 5.74) is 7.11. The molecule has 0 spiro atoms. The predicted molar refractivity (Wildman–Crippen MR) is 86.4 cm³/mol. The average Bonchev–Trinajstić information content (AvgIpc) is 2.53. The Kier molecular flexibility index (Phi) is 3.71. The average molecular weight is 279 g/mol. The lowest BCUT2D eigenvalue weighted by Crippen LogP contribution is -2.22. The molecule has 3 aromatic rings. The molecule has 2 aromatic carbocycles. The number of fused-ring (bicyclic) bond motifs is 1. The number of benzene rings is 2. The maximum Gasteiger partial charge on any atom is 0.257 e. The summed E-state index contributed by atoms with van der Waals surface area (Å²) < 4.78 is 0. The van der Waals surface area contributed by atoms with Crippen molar-refractivity contribution >= 4 is 16.6 Å². The van der Waals surface area contributed by atoms with E-state index < -0.39 is 0 Å². The number of hydrogen-bond donors (Lipinski definition) is 3. The fourth-order valence-corrected chi connectivity index (χ4v) is 2.34. The molecule has 0 radical (unpaired) electrons. The van der Waals surface area contributed by atoms with Gasteiger partial charge in [-0.1, -0.05) is 48.5 Å². The van der Waals surface area contributed by atoms with Gasteiger partial charge in [-0.3, -0.25) is 4.79 Å². The number of anilines is 1. The molecule has 0 saturated heterocycles. The second-order valence-corrected chi connectivity index (χ2v) is 5.00. The third-order valence-corrected chi connectivity index (χ3v) is 3.49. The molecule has 0 bridgehead atoms. The monoisotopic (exact) mass is 279 g/mol. The van der Waals surface area contributed by atoms with Gasteiger partial charge in [0, 0.05) is 18.0 Å². The van der Waals surface area contributed by atoms with E-state index in [-0.39, 0.29) is 11.6 Å². The van der Waals surface area contributed by atoms with Gasteiger partial charge in [-0.15, -0.1) is 0 Å². The number of aromatic amines is 1. The molecule has 0 amide bonds. The smallest absolute Gasteiger partial charge is 0.257 e. The fraction of sp³-hybridized carbons (Fsp3) is 0.118. The summed E-state index contributed by atoms with van der Waals surface area (Å²) in [5, 5.41) is 4.80. The van der Waals surface area contributed by atoms with Crippen molar-refractivity contribution in [2.24, 2.45) is 5.73 Å². The van der Waals surface area contributed by atoms with Gasteiger partial charge in [0.15, 0.2) is 0 Å². The Balaban J connectivity index is 1.78. The Morgan fingerprint density at radius 3 is 2.57 bits per heavy atom. The lowest BCUT2D eigenvalue weighted by molar-refractivity contribution is 0.762. The van der Waals surface area contributed by atoms with Crippen LogP contribution >= 0.6 is 0 Å². The minimum atomic E-state index is -0.124. The fourth-order valence-electron chi connectivity index (χ4n) is 2.34. The third kappa shape index (κ3) is 2.95. The van der Waals surface area contributed by atoms with Crippen molar-refractivity contribution in [2.45, 2.75) is 6.04 Å². The van der Waals surface area contributed by atoms with Crippen molar-refractivity contribution in [1.29, 1.82) is 0 Å². The van der Waals surface area contributed by atoms with E-state index in [4.69, 9.17) is 5.73 Å². The van der Waals surface area contributed by atoms with Crippen molar-refractivity contribution in [3.63, 3.8) is 0 Å². The third-order valence-electron chi connectivity index (χ3n) is 3.49. The number of pyridine rings is 1. The van der Waals surface area contributed by atoms with Gasteiger partial charge >= 0.3 is 0 Å². The number of hydrogen-bond acceptors (Lipinski definition) is 3.